The van der Waals surface area contributed by atoms with Crippen molar-refractivity contribution in [1.82, 2.24) is 14.9 Å². The third-order valence-corrected chi connectivity index (χ3v) is 7.70. The number of hydrogen-bond acceptors (Lipinski definition) is 5. The summed E-state index contributed by atoms with van der Waals surface area (Å²) in [5.41, 5.74) is 0. The van der Waals surface area contributed by atoms with E-state index in [4.69, 9.17) is 4.74 Å². The number of halogens is 1. The summed E-state index contributed by atoms with van der Waals surface area (Å²) in [7, 11) is -3.42. The van der Waals surface area contributed by atoms with Crippen LogP contribution in [0.15, 0.2) is 21.3 Å². The minimum Gasteiger partial charge on any atom is -0.379 e. The van der Waals surface area contributed by atoms with Crippen molar-refractivity contribution in [1.29, 1.82) is 0 Å². The minimum atomic E-state index is -3.42. The molecule has 0 amide bonds. The first kappa shape index (κ1) is 25.6. The first-order chi connectivity index (χ1) is 13.1. The summed E-state index contributed by atoms with van der Waals surface area (Å²) in [6.45, 7) is 8.14. The highest BCUT2D eigenvalue weighted by Gasteiger charge is 2.27. The van der Waals surface area contributed by atoms with Crippen LogP contribution in [0.5, 0.6) is 0 Å². The van der Waals surface area contributed by atoms with Crippen LogP contribution in [0, 0.1) is 0 Å². The van der Waals surface area contributed by atoms with Crippen molar-refractivity contribution in [2.75, 3.05) is 39.4 Å². The molecule has 1 aromatic heterocycles. The van der Waals surface area contributed by atoms with Gasteiger partial charge in [-0.3, -0.25) is 0 Å². The predicted octanol–water partition coefficient (Wildman–Crippen LogP) is 3.02. The maximum Gasteiger partial charge on any atom is 0.252 e. The van der Waals surface area contributed by atoms with Gasteiger partial charge in [-0.1, -0.05) is 26.2 Å². The van der Waals surface area contributed by atoms with Crippen molar-refractivity contribution in [3.05, 3.63) is 17.0 Å². The van der Waals surface area contributed by atoms with E-state index >= 15 is 0 Å². The molecule has 2 N–H and O–H groups in total. The van der Waals surface area contributed by atoms with Crippen LogP contribution in [0.4, 0.5) is 0 Å². The van der Waals surface area contributed by atoms with E-state index in [1.807, 2.05) is 13.0 Å². The Hall–Kier alpha value is -0.430. The molecule has 1 aromatic rings. The summed E-state index contributed by atoms with van der Waals surface area (Å²) in [5, 5.41) is 6.58. The molecule has 1 saturated heterocycles. The van der Waals surface area contributed by atoms with Gasteiger partial charge in [-0.25, -0.2) is 13.4 Å². The largest absolute Gasteiger partial charge is 0.379 e. The number of hydrogen-bond donors (Lipinski definition) is 2. The highest BCUT2D eigenvalue weighted by Crippen LogP contribution is 2.26. The van der Waals surface area contributed by atoms with Gasteiger partial charge >= 0.3 is 0 Å². The molecule has 1 aliphatic rings. The number of morpholine rings is 1. The zero-order valence-corrected chi connectivity index (χ0v) is 20.7. The van der Waals surface area contributed by atoms with Crippen LogP contribution in [0.25, 0.3) is 0 Å². The molecule has 0 atom stereocenters. The molecule has 0 saturated carbocycles. The maximum absolute atomic E-state index is 12.7. The zero-order chi connectivity index (χ0) is 19.5. The molecule has 2 heterocycles. The van der Waals surface area contributed by atoms with E-state index in [0.717, 1.165) is 30.3 Å². The van der Waals surface area contributed by atoms with Gasteiger partial charge in [0.25, 0.3) is 10.0 Å². The van der Waals surface area contributed by atoms with Gasteiger partial charge in [-0.05, 0) is 25.5 Å². The third kappa shape index (κ3) is 8.13. The minimum absolute atomic E-state index is 0. The van der Waals surface area contributed by atoms with Crippen molar-refractivity contribution < 1.29 is 13.2 Å². The highest BCUT2D eigenvalue weighted by molar-refractivity contribution is 14.0. The highest BCUT2D eigenvalue weighted by atomic mass is 127. The standard InChI is InChI=1S/C18H32N4O3S2.HI/c1-3-5-6-7-10-20-18(19-4-2)21-15-16-8-9-17(26-16)27(23,24)22-11-13-25-14-12-22;/h8-9H,3-7,10-15H2,1-2H3,(H2,19,20,21);1H. The van der Waals surface area contributed by atoms with E-state index in [2.05, 4.69) is 22.5 Å². The number of aliphatic imine (C=N–C) groups is 1. The Bertz CT molecular complexity index is 689. The number of guanidine groups is 1. The fourth-order valence-corrected chi connectivity index (χ4v) is 5.60. The van der Waals surface area contributed by atoms with Crippen LogP contribution in [0.2, 0.25) is 0 Å². The molecule has 2 rings (SSSR count). The summed E-state index contributed by atoms with van der Waals surface area (Å²) in [6.07, 6.45) is 4.82. The first-order valence-electron chi connectivity index (χ1n) is 9.76. The van der Waals surface area contributed by atoms with Crippen LogP contribution >= 0.6 is 35.3 Å². The molecule has 0 unspecified atom stereocenters. The molecule has 7 nitrogen and oxygen atoms in total. The molecule has 28 heavy (non-hydrogen) atoms. The quantitative estimate of drug-likeness (QED) is 0.205. The topological polar surface area (TPSA) is 83.0 Å². The van der Waals surface area contributed by atoms with E-state index < -0.39 is 10.0 Å². The van der Waals surface area contributed by atoms with E-state index in [0.29, 0.717) is 37.1 Å². The van der Waals surface area contributed by atoms with Crippen LogP contribution in [0.1, 0.15) is 44.4 Å². The van der Waals surface area contributed by atoms with Crippen LogP contribution in [-0.2, 0) is 21.3 Å². The number of rotatable bonds is 10. The van der Waals surface area contributed by atoms with Gasteiger partial charge in [0.05, 0.1) is 19.8 Å². The normalized spacial score (nSPS) is 15.9. The van der Waals surface area contributed by atoms with E-state index in [1.54, 1.807) is 6.07 Å². The zero-order valence-electron chi connectivity index (χ0n) is 16.8. The molecule has 0 aromatic carbocycles. The molecule has 0 aliphatic carbocycles. The Morgan fingerprint density at radius 2 is 1.93 bits per heavy atom. The first-order valence-corrected chi connectivity index (χ1v) is 12.0. The van der Waals surface area contributed by atoms with Crippen molar-refractivity contribution >= 4 is 51.3 Å². The van der Waals surface area contributed by atoms with E-state index in [9.17, 15) is 8.42 Å². The molecule has 0 bridgehead atoms. The molecular formula is C18H33IN4O3S2. The van der Waals surface area contributed by atoms with Crippen LogP contribution in [-0.4, -0.2) is 58.1 Å². The fraction of sp³-hybridized carbons (Fsp3) is 0.722. The lowest BCUT2D eigenvalue weighted by molar-refractivity contribution is 0.0731. The van der Waals surface area contributed by atoms with E-state index in [-0.39, 0.29) is 24.0 Å². The van der Waals surface area contributed by atoms with Crippen LogP contribution in [0.3, 0.4) is 0 Å². The van der Waals surface area contributed by atoms with Crippen molar-refractivity contribution in [2.45, 2.75) is 50.3 Å². The van der Waals surface area contributed by atoms with Gasteiger partial charge in [0, 0.05) is 31.1 Å². The van der Waals surface area contributed by atoms with Gasteiger partial charge in [-0.15, -0.1) is 35.3 Å². The monoisotopic (exact) mass is 544 g/mol. The summed E-state index contributed by atoms with van der Waals surface area (Å²) in [4.78, 5) is 5.52. The second-order valence-corrected chi connectivity index (χ2v) is 9.75. The SMILES string of the molecule is CCCCCCNC(=NCc1ccc(S(=O)(=O)N2CCOCC2)s1)NCC.I. The van der Waals surface area contributed by atoms with Crippen molar-refractivity contribution in [3.63, 3.8) is 0 Å². The molecule has 10 heteroatoms. The Morgan fingerprint density at radius 1 is 1.18 bits per heavy atom. The predicted molar refractivity (Wildman–Crippen MR) is 126 cm³/mol. The Morgan fingerprint density at radius 3 is 2.61 bits per heavy atom. The molecule has 1 fully saturated rings. The second kappa shape index (κ2) is 13.7. The third-order valence-electron chi connectivity index (χ3n) is 4.26. The lowest BCUT2D eigenvalue weighted by Gasteiger charge is -2.25. The van der Waals surface area contributed by atoms with Crippen molar-refractivity contribution in [2.24, 2.45) is 4.99 Å². The molecule has 0 spiro atoms. The number of nitrogens with zero attached hydrogens (tertiary/aromatic N) is 2. The van der Waals surface area contributed by atoms with Gasteiger partial charge in [0.1, 0.15) is 4.21 Å². The van der Waals surface area contributed by atoms with Gasteiger partial charge < -0.3 is 15.4 Å². The summed E-state index contributed by atoms with van der Waals surface area (Å²) in [5.74, 6) is 0.778. The number of sulfonamides is 1. The summed E-state index contributed by atoms with van der Waals surface area (Å²) >= 11 is 1.30. The average Bonchev–Trinajstić information content (AvgIpc) is 3.16. The smallest absolute Gasteiger partial charge is 0.252 e. The number of ether oxygens (including phenoxy) is 1. The molecular weight excluding hydrogens is 511 g/mol. The second-order valence-electron chi connectivity index (χ2n) is 6.42. The van der Waals surface area contributed by atoms with Crippen LogP contribution < -0.4 is 10.6 Å². The number of thiophene rings is 1. The lowest BCUT2D eigenvalue weighted by Crippen LogP contribution is -2.40. The lowest BCUT2D eigenvalue weighted by atomic mass is 10.2. The van der Waals surface area contributed by atoms with Gasteiger partial charge in [-0.2, -0.15) is 4.31 Å². The number of nitrogens with one attached hydrogen (secondary N) is 2. The molecule has 0 radical (unpaired) electrons. The fourth-order valence-electron chi connectivity index (χ4n) is 2.75. The van der Waals surface area contributed by atoms with Gasteiger partial charge in [0.2, 0.25) is 0 Å². The maximum atomic E-state index is 12.7. The van der Waals surface area contributed by atoms with Crippen molar-refractivity contribution in [3.8, 4) is 0 Å². The Labute approximate surface area is 190 Å². The molecule has 162 valence electrons. The van der Waals surface area contributed by atoms with Gasteiger partial charge in [0.15, 0.2) is 5.96 Å². The number of unbranched alkanes of at least 4 members (excludes halogenated alkanes) is 3. The summed E-state index contributed by atoms with van der Waals surface area (Å²) in [6, 6.07) is 3.54. The molecule has 1 aliphatic heterocycles. The Balaban J connectivity index is 0.00000392. The van der Waals surface area contributed by atoms with E-state index in [1.165, 1.54) is 34.9 Å². The summed E-state index contributed by atoms with van der Waals surface area (Å²) < 4.78 is 32.5. The average molecular weight is 545 g/mol. The Kier molecular flexibility index (Phi) is 12.6.